The molecule has 1 aromatic rings. The first-order valence-corrected chi connectivity index (χ1v) is 6.25. The quantitative estimate of drug-likeness (QED) is 0.769. The SMILES string of the molecule is CC(O)CCCNC(C)c1ccc(F)cc1Cl. The lowest BCUT2D eigenvalue weighted by Gasteiger charge is -2.16. The lowest BCUT2D eigenvalue weighted by atomic mass is 10.1. The van der Waals surface area contributed by atoms with Crippen LogP contribution in [0, 0.1) is 5.82 Å². The Morgan fingerprint density at radius 2 is 2.12 bits per heavy atom. The van der Waals surface area contributed by atoms with E-state index in [2.05, 4.69) is 5.32 Å². The van der Waals surface area contributed by atoms with Gasteiger partial charge in [-0.1, -0.05) is 17.7 Å². The van der Waals surface area contributed by atoms with Gasteiger partial charge in [-0.15, -0.1) is 0 Å². The van der Waals surface area contributed by atoms with Gasteiger partial charge >= 0.3 is 0 Å². The molecule has 4 heteroatoms. The van der Waals surface area contributed by atoms with Crippen molar-refractivity contribution in [3.63, 3.8) is 0 Å². The number of halogens is 2. The van der Waals surface area contributed by atoms with Gasteiger partial charge in [-0.05, 0) is 50.9 Å². The zero-order chi connectivity index (χ0) is 12.8. The molecule has 0 fully saturated rings. The third-order valence-electron chi connectivity index (χ3n) is 2.68. The molecule has 0 aliphatic heterocycles. The van der Waals surface area contributed by atoms with Crippen LogP contribution in [-0.4, -0.2) is 17.8 Å². The fourth-order valence-electron chi connectivity index (χ4n) is 1.68. The van der Waals surface area contributed by atoms with Crippen LogP contribution in [0.4, 0.5) is 4.39 Å². The van der Waals surface area contributed by atoms with E-state index in [1.807, 2.05) is 6.92 Å². The zero-order valence-electron chi connectivity index (χ0n) is 10.2. The summed E-state index contributed by atoms with van der Waals surface area (Å²) in [6.45, 7) is 4.57. The van der Waals surface area contributed by atoms with Crippen LogP contribution in [0.2, 0.25) is 5.02 Å². The summed E-state index contributed by atoms with van der Waals surface area (Å²) in [5.74, 6) is -0.319. The first-order chi connectivity index (χ1) is 8.00. The maximum atomic E-state index is 12.9. The molecule has 0 aliphatic rings. The Hall–Kier alpha value is -0.640. The topological polar surface area (TPSA) is 32.3 Å². The van der Waals surface area contributed by atoms with Crippen LogP contribution >= 0.6 is 11.6 Å². The van der Waals surface area contributed by atoms with Crippen molar-refractivity contribution < 1.29 is 9.50 Å². The van der Waals surface area contributed by atoms with E-state index in [0.717, 1.165) is 24.9 Å². The van der Waals surface area contributed by atoms with E-state index in [1.54, 1.807) is 13.0 Å². The summed E-state index contributed by atoms with van der Waals surface area (Å²) in [6, 6.07) is 4.52. The highest BCUT2D eigenvalue weighted by Crippen LogP contribution is 2.23. The molecule has 0 spiro atoms. The van der Waals surface area contributed by atoms with Gasteiger partial charge in [0.2, 0.25) is 0 Å². The van der Waals surface area contributed by atoms with Crippen LogP contribution in [-0.2, 0) is 0 Å². The lowest BCUT2D eigenvalue weighted by molar-refractivity contribution is 0.181. The number of aliphatic hydroxyl groups is 1. The molecule has 0 heterocycles. The smallest absolute Gasteiger partial charge is 0.124 e. The van der Waals surface area contributed by atoms with Gasteiger partial charge in [-0.25, -0.2) is 4.39 Å². The molecule has 0 radical (unpaired) electrons. The first-order valence-electron chi connectivity index (χ1n) is 5.87. The molecular weight excluding hydrogens is 241 g/mol. The normalized spacial score (nSPS) is 14.6. The maximum absolute atomic E-state index is 12.9. The number of hydrogen-bond acceptors (Lipinski definition) is 2. The van der Waals surface area contributed by atoms with Crippen molar-refractivity contribution in [3.8, 4) is 0 Å². The number of rotatable bonds is 6. The van der Waals surface area contributed by atoms with Crippen molar-refractivity contribution in [2.45, 2.75) is 38.8 Å². The van der Waals surface area contributed by atoms with E-state index in [0.29, 0.717) is 5.02 Å². The highest BCUT2D eigenvalue weighted by Gasteiger charge is 2.09. The summed E-state index contributed by atoms with van der Waals surface area (Å²) < 4.78 is 12.9. The van der Waals surface area contributed by atoms with Crippen LogP contribution < -0.4 is 5.32 Å². The Bertz CT molecular complexity index is 357. The average Bonchev–Trinajstić information content (AvgIpc) is 2.23. The summed E-state index contributed by atoms with van der Waals surface area (Å²) in [7, 11) is 0. The largest absolute Gasteiger partial charge is 0.393 e. The van der Waals surface area contributed by atoms with Gasteiger partial charge in [0.25, 0.3) is 0 Å². The molecule has 0 amide bonds. The van der Waals surface area contributed by atoms with Crippen molar-refractivity contribution in [1.82, 2.24) is 5.32 Å². The first kappa shape index (κ1) is 14.4. The molecule has 2 nitrogen and oxygen atoms in total. The average molecular weight is 260 g/mol. The van der Waals surface area contributed by atoms with Gasteiger partial charge in [0.1, 0.15) is 5.82 Å². The molecule has 1 rings (SSSR count). The van der Waals surface area contributed by atoms with Crippen LogP contribution in [0.1, 0.15) is 38.3 Å². The zero-order valence-corrected chi connectivity index (χ0v) is 11.0. The third kappa shape index (κ3) is 5.02. The van der Waals surface area contributed by atoms with Gasteiger partial charge in [0.15, 0.2) is 0 Å². The molecule has 2 N–H and O–H groups in total. The van der Waals surface area contributed by atoms with E-state index >= 15 is 0 Å². The van der Waals surface area contributed by atoms with Crippen LogP contribution in [0.15, 0.2) is 18.2 Å². The molecule has 2 unspecified atom stereocenters. The summed E-state index contributed by atoms with van der Waals surface area (Å²) in [5, 5.41) is 12.9. The van der Waals surface area contributed by atoms with Gasteiger partial charge in [-0.3, -0.25) is 0 Å². The van der Waals surface area contributed by atoms with Gasteiger partial charge in [0.05, 0.1) is 6.10 Å². The number of nitrogens with one attached hydrogen (secondary N) is 1. The predicted molar refractivity (Wildman–Crippen MR) is 68.7 cm³/mol. The Balaban J connectivity index is 2.44. The Kier molecular flexibility index (Phi) is 5.89. The molecule has 0 saturated carbocycles. The minimum absolute atomic E-state index is 0.0806. The van der Waals surface area contributed by atoms with E-state index < -0.39 is 0 Å². The highest BCUT2D eigenvalue weighted by atomic mass is 35.5. The van der Waals surface area contributed by atoms with Crippen LogP contribution in [0.3, 0.4) is 0 Å². The summed E-state index contributed by atoms with van der Waals surface area (Å²) in [6.07, 6.45) is 1.42. The molecule has 17 heavy (non-hydrogen) atoms. The van der Waals surface area contributed by atoms with Crippen LogP contribution in [0.5, 0.6) is 0 Å². The fourth-order valence-corrected chi connectivity index (χ4v) is 2.01. The number of hydrogen-bond donors (Lipinski definition) is 2. The van der Waals surface area contributed by atoms with Crippen molar-refractivity contribution in [2.75, 3.05) is 6.54 Å². The molecular formula is C13H19ClFNO. The van der Waals surface area contributed by atoms with Crippen LogP contribution in [0.25, 0.3) is 0 Å². The van der Waals surface area contributed by atoms with Gasteiger partial charge < -0.3 is 10.4 Å². The second-order valence-electron chi connectivity index (χ2n) is 4.33. The molecule has 0 bridgehead atoms. The molecule has 0 saturated heterocycles. The van der Waals surface area contributed by atoms with Crippen molar-refractivity contribution in [1.29, 1.82) is 0 Å². The monoisotopic (exact) mass is 259 g/mol. The molecule has 0 aliphatic carbocycles. The predicted octanol–water partition coefficient (Wildman–Crippen LogP) is 3.29. The summed E-state index contributed by atoms with van der Waals surface area (Å²) >= 11 is 5.97. The Labute approximate surface area is 107 Å². The Morgan fingerprint density at radius 3 is 2.71 bits per heavy atom. The van der Waals surface area contributed by atoms with E-state index in [-0.39, 0.29) is 18.0 Å². The lowest BCUT2D eigenvalue weighted by Crippen LogP contribution is -2.21. The van der Waals surface area contributed by atoms with E-state index in [9.17, 15) is 4.39 Å². The standard InChI is InChI=1S/C13H19ClFNO/c1-9(17)4-3-7-16-10(2)12-6-5-11(15)8-13(12)14/h5-6,8-10,16-17H,3-4,7H2,1-2H3. The molecule has 96 valence electrons. The van der Waals surface area contributed by atoms with Crippen molar-refractivity contribution in [3.05, 3.63) is 34.6 Å². The highest BCUT2D eigenvalue weighted by molar-refractivity contribution is 6.31. The maximum Gasteiger partial charge on any atom is 0.124 e. The third-order valence-corrected chi connectivity index (χ3v) is 3.01. The molecule has 2 atom stereocenters. The van der Waals surface area contributed by atoms with Crippen molar-refractivity contribution >= 4 is 11.6 Å². The van der Waals surface area contributed by atoms with Crippen molar-refractivity contribution in [2.24, 2.45) is 0 Å². The van der Waals surface area contributed by atoms with Gasteiger partial charge in [0, 0.05) is 11.1 Å². The fraction of sp³-hybridized carbons (Fsp3) is 0.538. The second-order valence-corrected chi connectivity index (χ2v) is 4.74. The van der Waals surface area contributed by atoms with E-state index in [1.165, 1.54) is 12.1 Å². The molecule has 1 aromatic carbocycles. The number of aliphatic hydroxyl groups excluding tert-OH is 1. The summed E-state index contributed by atoms with van der Waals surface area (Å²) in [5.41, 5.74) is 0.894. The minimum Gasteiger partial charge on any atom is -0.393 e. The Morgan fingerprint density at radius 1 is 1.41 bits per heavy atom. The minimum atomic E-state index is -0.319. The molecule has 0 aromatic heterocycles. The van der Waals surface area contributed by atoms with Gasteiger partial charge in [-0.2, -0.15) is 0 Å². The second kappa shape index (κ2) is 6.94. The summed E-state index contributed by atoms with van der Waals surface area (Å²) in [4.78, 5) is 0. The van der Waals surface area contributed by atoms with E-state index in [4.69, 9.17) is 16.7 Å². The number of benzene rings is 1.